The summed E-state index contributed by atoms with van der Waals surface area (Å²) in [6.07, 6.45) is 72.1. The van der Waals surface area contributed by atoms with Crippen LogP contribution in [0.25, 0.3) is 0 Å². The van der Waals surface area contributed by atoms with E-state index in [2.05, 4.69) is 31.3 Å². The van der Waals surface area contributed by atoms with Crippen molar-refractivity contribution in [3.05, 3.63) is 24.3 Å². The van der Waals surface area contributed by atoms with E-state index >= 15 is 0 Å². The van der Waals surface area contributed by atoms with Gasteiger partial charge in [0.15, 0.2) is 0 Å². The number of hydrogen-bond acceptors (Lipinski definition) is 5. The SMILES string of the molecule is CCCCCCCCCCCCCCCCC/C=C/C(O)C(CO)NC(=O)CCCCCCC/C=C\CCCCCCCCCCCOC(=O)CCCCCCCCCCCCCCCCCCC. The summed E-state index contributed by atoms with van der Waals surface area (Å²) in [5.74, 6) is -0.0735. The topological polar surface area (TPSA) is 95.9 Å². The van der Waals surface area contributed by atoms with Crippen LogP contribution in [0.4, 0.5) is 0 Å². The van der Waals surface area contributed by atoms with Gasteiger partial charge in [0.1, 0.15) is 0 Å². The first-order valence-electron chi connectivity index (χ1n) is 31.1. The summed E-state index contributed by atoms with van der Waals surface area (Å²) in [4.78, 5) is 24.6. The second-order valence-corrected chi connectivity index (χ2v) is 21.4. The number of allylic oxidation sites excluding steroid dienone is 3. The molecule has 0 aromatic heterocycles. The Labute approximate surface area is 431 Å². The van der Waals surface area contributed by atoms with E-state index < -0.39 is 12.1 Å². The highest BCUT2D eigenvalue weighted by Gasteiger charge is 2.18. The Morgan fingerprint density at radius 3 is 1.03 bits per heavy atom. The van der Waals surface area contributed by atoms with Gasteiger partial charge in [-0.25, -0.2) is 0 Å². The van der Waals surface area contributed by atoms with E-state index in [1.807, 2.05) is 6.08 Å². The minimum atomic E-state index is -0.853. The number of ether oxygens (including phenoxy) is 1. The van der Waals surface area contributed by atoms with Crippen LogP contribution in [-0.4, -0.2) is 47.4 Å². The molecule has 408 valence electrons. The maximum absolute atomic E-state index is 12.5. The fourth-order valence-electron chi connectivity index (χ4n) is 9.69. The molecule has 3 N–H and O–H groups in total. The maximum Gasteiger partial charge on any atom is 0.305 e. The lowest BCUT2D eigenvalue weighted by Crippen LogP contribution is -2.45. The molecule has 2 atom stereocenters. The molecule has 69 heavy (non-hydrogen) atoms. The third-order valence-electron chi connectivity index (χ3n) is 14.5. The summed E-state index contributed by atoms with van der Waals surface area (Å²) in [5.41, 5.74) is 0. The van der Waals surface area contributed by atoms with Crippen molar-refractivity contribution in [1.29, 1.82) is 0 Å². The number of rotatable bonds is 58. The number of amides is 1. The number of aliphatic hydroxyl groups is 2. The van der Waals surface area contributed by atoms with Crippen molar-refractivity contribution in [2.45, 2.75) is 353 Å². The van der Waals surface area contributed by atoms with Gasteiger partial charge in [0.05, 0.1) is 25.4 Å². The average molecular weight is 973 g/mol. The molecule has 0 aromatic rings. The Bertz CT molecular complexity index is 1080. The van der Waals surface area contributed by atoms with Gasteiger partial charge in [-0.3, -0.25) is 9.59 Å². The van der Waals surface area contributed by atoms with Crippen LogP contribution in [0.3, 0.4) is 0 Å². The molecule has 0 aliphatic heterocycles. The molecular formula is C63H121NO5. The quantitative estimate of drug-likeness (QED) is 0.0321. The van der Waals surface area contributed by atoms with Gasteiger partial charge in [0, 0.05) is 12.8 Å². The van der Waals surface area contributed by atoms with Crippen molar-refractivity contribution in [2.24, 2.45) is 0 Å². The fourth-order valence-corrected chi connectivity index (χ4v) is 9.69. The molecule has 0 aliphatic carbocycles. The Morgan fingerprint density at radius 2 is 0.681 bits per heavy atom. The number of aliphatic hydroxyl groups excluding tert-OH is 2. The molecule has 0 aromatic carbocycles. The molecule has 0 saturated carbocycles. The lowest BCUT2D eigenvalue weighted by Gasteiger charge is -2.20. The van der Waals surface area contributed by atoms with Gasteiger partial charge in [-0.1, -0.05) is 295 Å². The fraction of sp³-hybridized carbons (Fsp3) is 0.905. The van der Waals surface area contributed by atoms with E-state index in [0.717, 1.165) is 57.8 Å². The second-order valence-electron chi connectivity index (χ2n) is 21.4. The first kappa shape index (κ1) is 67.3. The zero-order valence-electron chi connectivity index (χ0n) is 46.6. The van der Waals surface area contributed by atoms with Gasteiger partial charge in [-0.05, 0) is 57.8 Å². The van der Waals surface area contributed by atoms with Crippen LogP contribution in [0.2, 0.25) is 0 Å². The molecule has 0 bridgehead atoms. The summed E-state index contributed by atoms with van der Waals surface area (Å²) in [6.45, 7) is 4.91. The van der Waals surface area contributed by atoms with Gasteiger partial charge in [-0.2, -0.15) is 0 Å². The molecule has 1 amide bonds. The van der Waals surface area contributed by atoms with Crippen LogP contribution in [0.1, 0.15) is 341 Å². The first-order valence-corrected chi connectivity index (χ1v) is 31.1. The highest BCUT2D eigenvalue weighted by Crippen LogP contribution is 2.17. The number of esters is 1. The van der Waals surface area contributed by atoms with E-state index in [1.165, 1.54) is 257 Å². The lowest BCUT2D eigenvalue weighted by molar-refractivity contribution is -0.143. The Balaban J connectivity index is 3.45. The second kappa shape index (κ2) is 58.9. The average Bonchev–Trinajstić information content (AvgIpc) is 3.35. The molecule has 0 rings (SSSR count). The highest BCUT2D eigenvalue weighted by atomic mass is 16.5. The molecular weight excluding hydrogens is 851 g/mol. The van der Waals surface area contributed by atoms with Crippen LogP contribution in [0, 0.1) is 0 Å². The zero-order valence-corrected chi connectivity index (χ0v) is 46.6. The van der Waals surface area contributed by atoms with Crippen molar-refractivity contribution < 1.29 is 24.5 Å². The molecule has 0 radical (unpaired) electrons. The van der Waals surface area contributed by atoms with Gasteiger partial charge in [0.2, 0.25) is 5.91 Å². The largest absolute Gasteiger partial charge is 0.466 e. The molecule has 2 unspecified atom stereocenters. The molecule has 0 spiro atoms. The van der Waals surface area contributed by atoms with Crippen LogP contribution in [0.15, 0.2) is 24.3 Å². The third kappa shape index (κ3) is 55.5. The summed E-state index contributed by atoms with van der Waals surface area (Å²) in [5, 5.41) is 23.1. The molecule has 6 nitrogen and oxygen atoms in total. The third-order valence-corrected chi connectivity index (χ3v) is 14.5. The lowest BCUT2D eigenvalue weighted by atomic mass is 10.0. The van der Waals surface area contributed by atoms with E-state index in [1.54, 1.807) is 6.08 Å². The monoisotopic (exact) mass is 972 g/mol. The Morgan fingerprint density at radius 1 is 0.391 bits per heavy atom. The normalized spacial score (nSPS) is 12.7. The minimum Gasteiger partial charge on any atom is -0.466 e. The van der Waals surface area contributed by atoms with Gasteiger partial charge in [0.25, 0.3) is 0 Å². The Hall–Kier alpha value is -1.66. The van der Waals surface area contributed by atoms with Gasteiger partial charge < -0.3 is 20.3 Å². The number of carbonyl (C=O) groups excluding carboxylic acids is 2. The highest BCUT2D eigenvalue weighted by molar-refractivity contribution is 5.76. The van der Waals surface area contributed by atoms with Crippen molar-refractivity contribution in [3.63, 3.8) is 0 Å². The summed E-state index contributed by atoms with van der Waals surface area (Å²) in [7, 11) is 0. The van der Waals surface area contributed by atoms with E-state index in [-0.39, 0.29) is 18.5 Å². The first-order chi connectivity index (χ1) is 34.0. The summed E-state index contributed by atoms with van der Waals surface area (Å²) >= 11 is 0. The predicted octanol–water partition coefficient (Wildman–Crippen LogP) is 19.4. The van der Waals surface area contributed by atoms with Crippen molar-refractivity contribution in [3.8, 4) is 0 Å². The van der Waals surface area contributed by atoms with Crippen LogP contribution < -0.4 is 5.32 Å². The van der Waals surface area contributed by atoms with Crippen molar-refractivity contribution >= 4 is 11.9 Å². The number of nitrogens with one attached hydrogen (secondary N) is 1. The predicted molar refractivity (Wildman–Crippen MR) is 301 cm³/mol. The zero-order chi connectivity index (χ0) is 50.0. The van der Waals surface area contributed by atoms with Crippen LogP contribution in [-0.2, 0) is 14.3 Å². The minimum absolute atomic E-state index is 0.00649. The summed E-state index contributed by atoms with van der Waals surface area (Å²) in [6, 6.07) is -0.638. The molecule has 0 fully saturated rings. The number of carbonyl (C=O) groups is 2. The summed E-state index contributed by atoms with van der Waals surface area (Å²) < 4.78 is 5.49. The van der Waals surface area contributed by atoms with Crippen LogP contribution >= 0.6 is 0 Å². The number of unbranched alkanes of at least 4 members (excludes halogenated alkanes) is 45. The molecule has 0 heterocycles. The van der Waals surface area contributed by atoms with Gasteiger partial charge >= 0.3 is 5.97 Å². The Kier molecular flexibility index (Phi) is 57.5. The van der Waals surface area contributed by atoms with Crippen molar-refractivity contribution in [2.75, 3.05) is 13.2 Å². The smallest absolute Gasteiger partial charge is 0.305 e. The number of hydrogen-bond donors (Lipinski definition) is 3. The molecule has 0 saturated heterocycles. The van der Waals surface area contributed by atoms with E-state index in [9.17, 15) is 19.8 Å². The van der Waals surface area contributed by atoms with Gasteiger partial charge in [-0.15, -0.1) is 0 Å². The molecule has 0 aliphatic rings. The van der Waals surface area contributed by atoms with Crippen LogP contribution in [0.5, 0.6) is 0 Å². The van der Waals surface area contributed by atoms with Crippen molar-refractivity contribution in [1.82, 2.24) is 5.32 Å². The standard InChI is InChI=1S/C63H121NO5/c1-3-5-7-9-11-13-15-17-19-23-27-31-35-39-43-47-51-55-61(66)60(59-65)64-62(67)56-52-48-44-40-36-32-28-25-21-22-26-30-34-38-42-46-50-54-58-69-63(68)57-53-49-45-41-37-33-29-24-20-18-16-14-12-10-8-6-4-2/h25,28,51,55,60-61,65-66H,3-24,26-27,29-50,52-54,56-59H2,1-2H3,(H,64,67)/b28-25-,55-51+. The van der Waals surface area contributed by atoms with E-state index in [0.29, 0.717) is 19.4 Å². The van der Waals surface area contributed by atoms with E-state index in [4.69, 9.17) is 4.74 Å². The maximum atomic E-state index is 12.5. The molecule has 6 heteroatoms.